The van der Waals surface area contributed by atoms with Crippen LogP contribution in [0.15, 0.2) is 72.9 Å². The standard InChI is InChI=1S/C24H24N4O5/c1-2-33-24(32)27-20(22(29)30)14-16-9-11-17(12-10-16)18-6-5-7-19(15-18)26-23(31)28-21-8-3-4-13-25-21/h3-13,15,20H,2,14H2,1H3,(H,27,32)(H,29,30)(H2,25,26,28,31)/t20-/m0/s1. The Labute approximate surface area is 190 Å². The molecule has 0 saturated heterocycles. The number of carboxylic acids is 1. The Balaban J connectivity index is 1.65. The Morgan fingerprint density at radius 2 is 1.76 bits per heavy atom. The zero-order valence-electron chi connectivity index (χ0n) is 17.9. The van der Waals surface area contributed by atoms with E-state index in [1.807, 2.05) is 30.3 Å². The first-order valence-corrected chi connectivity index (χ1v) is 10.3. The Morgan fingerprint density at radius 3 is 2.42 bits per heavy atom. The highest BCUT2D eigenvalue weighted by atomic mass is 16.5. The van der Waals surface area contributed by atoms with Gasteiger partial charge in [0.05, 0.1) is 6.61 Å². The van der Waals surface area contributed by atoms with Crippen LogP contribution < -0.4 is 16.0 Å². The van der Waals surface area contributed by atoms with Crippen LogP contribution in [0.5, 0.6) is 0 Å². The number of ether oxygens (including phenoxy) is 1. The lowest BCUT2D eigenvalue weighted by Crippen LogP contribution is -2.42. The highest BCUT2D eigenvalue weighted by Crippen LogP contribution is 2.23. The third-order valence-corrected chi connectivity index (χ3v) is 4.62. The lowest BCUT2D eigenvalue weighted by Gasteiger charge is -2.14. The van der Waals surface area contributed by atoms with Gasteiger partial charge in [0, 0.05) is 18.3 Å². The number of nitrogens with zero attached hydrogens (tertiary/aromatic N) is 1. The number of nitrogens with one attached hydrogen (secondary N) is 3. The molecule has 3 amide bonds. The van der Waals surface area contributed by atoms with Crippen LogP contribution in [-0.2, 0) is 16.0 Å². The normalized spacial score (nSPS) is 11.2. The van der Waals surface area contributed by atoms with Crippen molar-refractivity contribution in [2.75, 3.05) is 17.2 Å². The molecule has 0 fully saturated rings. The number of aromatic nitrogens is 1. The zero-order valence-corrected chi connectivity index (χ0v) is 17.9. The first-order chi connectivity index (χ1) is 15.9. The lowest BCUT2D eigenvalue weighted by atomic mass is 10.0. The molecule has 1 atom stereocenters. The second-order valence-corrected chi connectivity index (χ2v) is 7.03. The van der Waals surface area contributed by atoms with Gasteiger partial charge >= 0.3 is 18.1 Å². The molecule has 33 heavy (non-hydrogen) atoms. The molecule has 0 aliphatic heterocycles. The maximum atomic E-state index is 12.2. The van der Waals surface area contributed by atoms with E-state index in [1.54, 1.807) is 49.5 Å². The number of alkyl carbamates (subject to hydrolysis) is 1. The highest BCUT2D eigenvalue weighted by molar-refractivity contribution is 5.99. The molecule has 9 nitrogen and oxygen atoms in total. The van der Waals surface area contributed by atoms with E-state index in [4.69, 9.17) is 4.74 Å². The number of benzene rings is 2. The van der Waals surface area contributed by atoms with E-state index in [1.165, 1.54) is 0 Å². The molecule has 9 heteroatoms. The van der Waals surface area contributed by atoms with Crippen LogP contribution in [0.1, 0.15) is 12.5 Å². The van der Waals surface area contributed by atoms with Gasteiger partial charge in [0.25, 0.3) is 0 Å². The van der Waals surface area contributed by atoms with Gasteiger partial charge in [-0.2, -0.15) is 0 Å². The van der Waals surface area contributed by atoms with Crippen molar-refractivity contribution in [1.29, 1.82) is 0 Å². The molecule has 0 aliphatic rings. The topological polar surface area (TPSA) is 130 Å². The number of carbonyl (C=O) groups excluding carboxylic acids is 2. The number of anilines is 2. The minimum absolute atomic E-state index is 0.115. The molecule has 0 unspecified atom stereocenters. The van der Waals surface area contributed by atoms with Crippen molar-refractivity contribution >= 4 is 29.6 Å². The summed E-state index contributed by atoms with van der Waals surface area (Å²) < 4.78 is 4.76. The Bertz CT molecular complexity index is 1100. The monoisotopic (exact) mass is 448 g/mol. The van der Waals surface area contributed by atoms with Gasteiger partial charge in [-0.25, -0.2) is 19.4 Å². The summed E-state index contributed by atoms with van der Waals surface area (Å²) in [7, 11) is 0. The molecule has 3 aromatic rings. The number of hydrogen-bond acceptors (Lipinski definition) is 5. The third-order valence-electron chi connectivity index (χ3n) is 4.62. The minimum atomic E-state index is -1.14. The third kappa shape index (κ3) is 7.06. The summed E-state index contributed by atoms with van der Waals surface area (Å²) in [5, 5.41) is 17.1. The summed E-state index contributed by atoms with van der Waals surface area (Å²) in [5.41, 5.74) is 3.11. The van der Waals surface area contributed by atoms with Gasteiger partial charge in [-0.15, -0.1) is 0 Å². The highest BCUT2D eigenvalue weighted by Gasteiger charge is 2.21. The molecule has 2 aromatic carbocycles. The molecule has 0 radical (unpaired) electrons. The number of urea groups is 1. The van der Waals surface area contributed by atoms with Crippen molar-refractivity contribution in [3.8, 4) is 11.1 Å². The van der Waals surface area contributed by atoms with Crippen LogP contribution in [0.25, 0.3) is 11.1 Å². The fourth-order valence-corrected chi connectivity index (χ4v) is 3.08. The zero-order chi connectivity index (χ0) is 23.6. The Hall–Kier alpha value is -4.40. The molecule has 1 heterocycles. The van der Waals surface area contributed by atoms with Gasteiger partial charge in [-0.1, -0.05) is 42.5 Å². The molecule has 4 N–H and O–H groups in total. The van der Waals surface area contributed by atoms with Gasteiger partial charge in [0.15, 0.2) is 0 Å². The summed E-state index contributed by atoms with van der Waals surface area (Å²) in [6.45, 7) is 1.80. The van der Waals surface area contributed by atoms with E-state index in [0.29, 0.717) is 11.5 Å². The second-order valence-electron chi connectivity index (χ2n) is 7.03. The molecule has 0 bridgehead atoms. The van der Waals surface area contributed by atoms with E-state index >= 15 is 0 Å². The van der Waals surface area contributed by atoms with E-state index in [2.05, 4.69) is 20.9 Å². The van der Waals surface area contributed by atoms with Crippen LogP contribution in [0, 0.1) is 0 Å². The van der Waals surface area contributed by atoms with Gasteiger partial charge < -0.3 is 20.5 Å². The van der Waals surface area contributed by atoms with Crippen LogP contribution in [0.3, 0.4) is 0 Å². The fraction of sp³-hybridized carbons (Fsp3) is 0.167. The number of hydrogen-bond donors (Lipinski definition) is 4. The number of amides is 3. The predicted molar refractivity (Wildman–Crippen MR) is 124 cm³/mol. The van der Waals surface area contributed by atoms with E-state index in [9.17, 15) is 19.5 Å². The van der Waals surface area contributed by atoms with Gasteiger partial charge in [0.1, 0.15) is 11.9 Å². The van der Waals surface area contributed by atoms with Gasteiger partial charge in [0.2, 0.25) is 0 Å². The van der Waals surface area contributed by atoms with Crippen molar-refractivity contribution in [3.63, 3.8) is 0 Å². The molecular weight excluding hydrogens is 424 g/mol. The minimum Gasteiger partial charge on any atom is -0.480 e. The molecular formula is C24H24N4O5. The quantitative estimate of drug-likeness (QED) is 0.410. The maximum Gasteiger partial charge on any atom is 0.407 e. The summed E-state index contributed by atoms with van der Waals surface area (Å²) in [4.78, 5) is 39.3. The molecule has 0 saturated carbocycles. The SMILES string of the molecule is CCOC(=O)N[C@@H](Cc1ccc(-c2cccc(NC(=O)Nc3ccccn3)c2)cc1)C(=O)O. The summed E-state index contributed by atoms with van der Waals surface area (Å²) in [5.74, 6) is -0.700. The summed E-state index contributed by atoms with van der Waals surface area (Å²) in [6, 6.07) is 18.3. The first kappa shape index (κ1) is 23.3. The molecule has 3 rings (SSSR count). The predicted octanol–water partition coefficient (Wildman–Crippen LogP) is 4.13. The number of rotatable bonds is 8. The van der Waals surface area contributed by atoms with E-state index in [0.717, 1.165) is 16.7 Å². The van der Waals surface area contributed by atoms with Crippen molar-refractivity contribution in [3.05, 3.63) is 78.5 Å². The van der Waals surface area contributed by atoms with Crippen molar-refractivity contribution in [1.82, 2.24) is 10.3 Å². The van der Waals surface area contributed by atoms with Crippen molar-refractivity contribution in [2.45, 2.75) is 19.4 Å². The number of aliphatic carboxylic acids is 1. The molecule has 170 valence electrons. The summed E-state index contributed by atoms with van der Waals surface area (Å²) >= 11 is 0. The second kappa shape index (κ2) is 11.3. The van der Waals surface area contributed by atoms with Crippen LogP contribution in [-0.4, -0.2) is 40.8 Å². The smallest absolute Gasteiger partial charge is 0.407 e. The number of carbonyl (C=O) groups is 3. The van der Waals surface area contributed by atoms with Crippen molar-refractivity contribution in [2.24, 2.45) is 0 Å². The molecule has 0 spiro atoms. The number of pyridine rings is 1. The maximum absolute atomic E-state index is 12.2. The number of carboxylic acid groups (broad SMARTS) is 1. The van der Waals surface area contributed by atoms with Crippen LogP contribution in [0.4, 0.5) is 21.1 Å². The van der Waals surface area contributed by atoms with E-state index in [-0.39, 0.29) is 13.0 Å². The first-order valence-electron chi connectivity index (χ1n) is 10.3. The average Bonchev–Trinajstić information content (AvgIpc) is 2.80. The van der Waals surface area contributed by atoms with Crippen LogP contribution in [0.2, 0.25) is 0 Å². The lowest BCUT2D eigenvalue weighted by molar-refractivity contribution is -0.139. The largest absolute Gasteiger partial charge is 0.480 e. The fourth-order valence-electron chi connectivity index (χ4n) is 3.08. The average molecular weight is 448 g/mol. The molecule has 1 aromatic heterocycles. The Kier molecular flexibility index (Phi) is 7.96. The van der Waals surface area contributed by atoms with Gasteiger partial charge in [-0.3, -0.25) is 5.32 Å². The Morgan fingerprint density at radius 1 is 0.970 bits per heavy atom. The summed E-state index contributed by atoms with van der Waals surface area (Å²) in [6.07, 6.45) is 0.938. The van der Waals surface area contributed by atoms with E-state index < -0.39 is 24.1 Å². The molecule has 0 aliphatic carbocycles. The van der Waals surface area contributed by atoms with Crippen molar-refractivity contribution < 1.29 is 24.2 Å². The van der Waals surface area contributed by atoms with Crippen LogP contribution >= 0.6 is 0 Å². The van der Waals surface area contributed by atoms with Gasteiger partial charge in [-0.05, 0) is 47.9 Å².